The van der Waals surface area contributed by atoms with Crippen LogP contribution in [0.25, 0.3) is 0 Å². The van der Waals surface area contributed by atoms with E-state index in [-0.39, 0.29) is 5.91 Å². The number of rotatable bonds is 14. The van der Waals surface area contributed by atoms with E-state index in [1.54, 1.807) is 0 Å². The molecule has 1 N–H and O–H groups in total. The van der Waals surface area contributed by atoms with Crippen LogP contribution >= 0.6 is 0 Å². The first kappa shape index (κ1) is 19.5. The van der Waals surface area contributed by atoms with Crippen molar-refractivity contribution in [2.45, 2.75) is 90.4 Å². The Kier molecular flexibility index (Phi) is 12.4. The summed E-state index contributed by atoms with van der Waals surface area (Å²) in [5.41, 5.74) is 0. The van der Waals surface area contributed by atoms with Crippen LogP contribution < -0.4 is 5.32 Å². The highest BCUT2D eigenvalue weighted by atomic mass is 16.1. The van der Waals surface area contributed by atoms with Gasteiger partial charge in [0.2, 0.25) is 5.91 Å². The Bertz CT molecular complexity index is 262. The quantitative estimate of drug-likeness (QED) is 0.479. The number of amides is 1. The van der Waals surface area contributed by atoms with Crippen LogP contribution in [0.4, 0.5) is 0 Å². The lowest BCUT2D eigenvalue weighted by molar-refractivity contribution is -0.121. The average Bonchev–Trinajstić information content (AvgIpc) is 3.02. The third-order valence-corrected chi connectivity index (χ3v) is 4.71. The number of hydrogen-bond acceptors (Lipinski definition) is 2. The van der Waals surface area contributed by atoms with Gasteiger partial charge in [0.25, 0.3) is 0 Å². The number of hydrogen-bond donors (Lipinski definition) is 1. The maximum atomic E-state index is 11.7. The van der Waals surface area contributed by atoms with Crippen LogP contribution in [-0.4, -0.2) is 37.0 Å². The highest BCUT2D eigenvalue weighted by Gasteiger charge is 2.10. The normalized spacial score (nSPS) is 15.3. The van der Waals surface area contributed by atoms with Gasteiger partial charge in [0, 0.05) is 19.5 Å². The first-order chi connectivity index (χ1) is 10.8. The van der Waals surface area contributed by atoms with Crippen LogP contribution in [0.2, 0.25) is 0 Å². The van der Waals surface area contributed by atoms with Gasteiger partial charge in [0.15, 0.2) is 0 Å². The van der Waals surface area contributed by atoms with E-state index in [1.807, 2.05) is 0 Å². The summed E-state index contributed by atoms with van der Waals surface area (Å²) in [6.45, 7) is 6.56. The van der Waals surface area contributed by atoms with E-state index in [9.17, 15) is 4.79 Å². The molecule has 0 aromatic heterocycles. The molecule has 3 heteroatoms. The molecule has 3 nitrogen and oxygen atoms in total. The molecule has 1 aliphatic rings. The Morgan fingerprint density at radius 1 is 0.864 bits per heavy atom. The van der Waals surface area contributed by atoms with Gasteiger partial charge < -0.3 is 10.2 Å². The number of nitrogens with zero attached hydrogens (tertiary/aromatic N) is 1. The summed E-state index contributed by atoms with van der Waals surface area (Å²) in [7, 11) is 0. The Morgan fingerprint density at radius 3 is 2.00 bits per heavy atom. The first-order valence-electron chi connectivity index (χ1n) is 9.82. The third-order valence-electron chi connectivity index (χ3n) is 4.71. The van der Waals surface area contributed by atoms with E-state index < -0.39 is 0 Å². The number of carbonyl (C=O) groups excluding carboxylic acids is 1. The monoisotopic (exact) mass is 310 g/mol. The largest absolute Gasteiger partial charge is 0.355 e. The zero-order chi connectivity index (χ0) is 15.9. The molecule has 1 saturated heterocycles. The van der Waals surface area contributed by atoms with Gasteiger partial charge in [0.05, 0.1) is 0 Å². The van der Waals surface area contributed by atoms with E-state index in [4.69, 9.17) is 0 Å². The van der Waals surface area contributed by atoms with Crippen molar-refractivity contribution in [3.05, 3.63) is 0 Å². The summed E-state index contributed by atoms with van der Waals surface area (Å²) < 4.78 is 0. The maximum Gasteiger partial charge on any atom is 0.220 e. The zero-order valence-corrected chi connectivity index (χ0v) is 14.9. The van der Waals surface area contributed by atoms with Crippen LogP contribution in [-0.2, 0) is 4.79 Å². The molecule has 0 radical (unpaired) electrons. The molecule has 1 rings (SSSR count). The zero-order valence-electron chi connectivity index (χ0n) is 14.9. The lowest BCUT2D eigenvalue weighted by Crippen LogP contribution is -2.33. The summed E-state index contributed by atoms with van der Waals surface area (Å²) in [5.74, 6) is 0.249. The lowest BCUT2D eigenvalue weighted by atomic mass is 10.1. The van der Waals surface area contributed by atoms with E-state index in [0.29, 0.717) is 0 Å². The molecule has 0 aromatic rings. The molecule has 22 heavy (non-hydrogen) atoms. The van der Waals surface area contributed by atoms with E-state index in [1.165, 1.54) is 83.7 Å². The van der Waals surface area contributed by atoms with Gasteiger partial charge in [-0.1, -0.05) is 64.7 Å². The van der Waals surface area contributed by atoms with Crippen molar-refractivity contribution in [2.75, 3.05) is 26.2 Å². The van der Waals surface area contributed by atoms with Crippen LogP contribution in [0.5, 0.6) is 0 Å². The van der Waals surface area contributed by atoms with Crippen molar-refractivity contribution in [3.8, 4) is 0 Å². The predicted molar refractivity (Wildman–Crippen MR) is 95.1 cm³/mol. The molecular formula is C19H38N2O. The molecule has 0 spiro atoms. The molecular weight excluding hydrogens is 272 g/mol. The molecule has 1 fully saturated rings. The lowest BCUT2D eigenvalue weighted by Gasteiger charge is -2.14. The molecule has 1 aliphatic heterocycles. The molecule has 0 atom stereocenters. The van der Waals surface area contributed by atoms with Gasteiger partial charge in [-0.05, 0) is 32.4 Å². The van der Waals surface area contributed by atoms with Crippen molar-refractivity contribution in [3.63, 3.8) is 0 Å². The molecule has 0 saturated carbocycles. The standard InChI is InChI=1S/C19H38N2O/c1-2-3-4-5-6-7-8-9-10-11-14-19(22)20-15-18-21-16-12-13-17-21/h2-18H2,1H3,(H,20,22). The van der Waals surface area contributed by atoms with Gasteiger partial charge in [-0.2, -0.15) is 0 Å². The minimum atomic E-state index is 0.249. The fraction of sp³-hybridized carbons (Fsp3) is 0.947. The Hall–Kier alpha value is -0.570. The second kappa shape index (κ2) is 14.0. The van der Waals surface area contributed by atoms with Crippen molar-refractivity contribution in [2.24, 2.45) is 0 Å². The number of carbonyl (C=O) groups is 1. The SMILES string of the molecule is CCCCCCCCCCCCC(=O)NCCN1CCCC1. The van der Waals surface area contributed by atoms with Crippen molar-refractivity contribution < 1.29 is 4.79 Å². The molecule has 130 valence electrons. The fourth-order valence-corrected chi connectivity index (χ4v) is 3.22. The second-order valence-electron chi connectivity index (χ2n) is 6.83. The average molecular weight is 311 g/mol. The van der Waals surface area contributed by atoms with E-state index in [2.05, 4.69) is 17.1 Å². The summed E-state index contributed by atoms with van der Waals surface area (Å²) >= 11 is 0. The second-order valence-corrected chi connectivity index (χ2v) is 6.83. The first-order valence-corrected chi connectivity index (χ1v) is 9.82. The summed E-state index contributed by atoms with van der Waals surface area (Å²) in [4.78, 5) is 14.2. The van der Waals surface area contributed by atoms with E-state index >= 15 is 0 Å². The van der Waals surface area contributed by atoms with Gasteiger partial charge in [-0.15, -0.1) is 0 Å². The van der Waals surface area contributed by atoms with Crippen molar-refractivity contribution >= 4 is 5.91 Å². The maximum absolute atomic E-state index is 11.7. The van der Waals surface area contributed by atoms with Crippen LogP contribution in [0.1, 0.15) is 90.4 Å². The van der Waals surface area contributed by atoms with Gasteiger partial charge in [-0.3, -0.25) is 4.79 Å². The van der Waals surface area contributed by atoms with E-state index in [0.717, 1.165) is 25.9 Å². The number of likely N-dealkylation sites (tertiary alicyclic amines) is 1. The van der Waals surface area contributed by atoms with Crippen LogP contribution in [0.15, 0.2) is 0 Å². The third kappa shape index (κ3) is 11.1. The number of unbranched alkanes of at least 4 members (excludes halogenated alkanes) is 9. The van der Waals surface area contributed by atoms with Gasteiger partial charge in [0.1, 0.15) is 0 Å². The molecule has 0 unspecified atom stereocenters. The van der Waals surface area contributed by atoms with Crippen molar-refractivity contribution in [1.82, 2.24) is 10.2 Å². The Morgan fingerprint density at radius 2 is 1.41 bits per heavy atom. The Balaban J connectivity index is 1.76. The number of nitrogens with one attached hydrogen (secondary N) is 1. The predicted octanol–water partition coefficient (Wildman–Crippen LogP) is 4.51. The molecule has 0 bridgehead atoms. The van der Waals surface area contributed by atoms with Gasteiger partial charge >= 0.3 is 0 Å². The minimum absolute atomic E-state index is 0.249. The highest BCUT2D eigenvalue weighted by molar-refractivity contribution is 5.75. The minimum Gasteiger partial charge on any atom is -0.355 e. The summed E-state index contributed by atoms with van der Waals surface area (Å²) in [6.07, 6.45) is 16.6. The topological polar surface area (TPSA) is 32.3 Å². The molecule has 0 aliphatic carbocycles. The highest BCUT2D eigenvalue weighted by Crippen LogP contribution is 2.11. The van der Waals surface area contributed by atoms with Crippen LogP contribution in [0.3, 0.4) is 0 Å². The molecule has 0 aromatic carbocycles. The fourth-order valence-electron chi connectivity index (χ4n) is 3.22. The van der Waals surface area contributed by atoms with Crippen LogP contribution in [0, 0.1) is 0 Å². The van der Waals surface area contributed by atoms with Gasteiger partial charge in [-0.25, -0.2) is 0 Å². The summed E-state index contributed by atoms with van der Waals surface area (Å²) in [5, 5.41) is 3.06. The molecule has 1 heterocycles. The smallest absolute Gasteiger partial charge is 0.220 e. The van der Waals surface area contributed by atoms with Crippen molar-refractivity contribution in [1.29, 1.82) is 0 Å². The Labute approximate surface area is 138 Å². The molecule has 1 amide bonds. The summed E-state index contributed by atoms with van der Waals surface area (Å²) in [6, 6.07) is 0.